The van der Waals surface area contributed by atoms with Crippen LogP contribution >= 0.6 is 11.6 Å². The molecule has 114 valence electrons. The zero-order valence-corrected chi connectivity index (χ0v) is 12.6. The van der Waals surface area contributed by atoms with E-state index in [1.54, 1.807) is 12.1 Å². The predicted molar refractivity (Wildman–Crippen MR) is 79.1 cm³/mol. The normalized spacial score (nSPS) is 29.3. The molecular weight excluding hydrogens is 293 g/mol. The summed E-state index contributed by atoms with van der Waals surface area (Å²) in [6.45, 7) is 2.98. The molecule has 1 aromatic carbocycles. The highest BCUT2D eigenvalue weighted by atomic mass is 35.5. The van der Waals surface area contributed by atoms with Gasteiger partial charge in [-0.05, 0) is 56.0 Å². The van der Waals surface area contributed by atoms with E-state index in [-0.39, 0.29) is 12.8 Å². The molecule has 3 rings (SSSR count). The summed E-state index contributed by atoms with van der Waals surface area (Å²) < 4.78 is 14.6. The molecule has 3 nitrogen and oxygen atoms in total. The summed E-state index contributed by atoms with van der Waals surface area (Å²) in [6, 6.07) is 5.31. The maximum atomic E-state index is 14.6. The Bertz CT molecular complexity index is 551. The molecule has 2 aliphatic rings. The van der Waals surface area contributed by atoms with Crippen LogP contribution in [0.25, 0.3) is 0 Å². The lowest BCUT2D eigenvalue weighted by molar-refractivity contribution is -0.152. The van der Waals surface area contributed by atoms with Crippen molar-refractivity contribution < 1.29 is 14.3 Å². The van der Waals surface area contributed by atoms with Crippen LogP contribution in [-0.2, 0) is 17.0 Å². The monoisotopic (exact) mass is 311 g/mol. The lowest BCUT2D eigenvalue weighted by Crippen LogP contribution is -2.41. The maximum Gasteiger partial charge on any atom is 0.306 e. The molecule has 1 saturated carbocycles. The molecular formula is C16H19ClFNO2. The summed E-state index contributed by atoms with van der Waals surface area (Å²) in [5.74, 6) is -1.49. The van der Waals surface area contributed by atoms with Crippen molar-refractivity contribution in [1.82, 2.24) is 4.90 Å². The van der Waals surface area contributed by atoms with Crippen LogP contribution in [-0.4, -0.2) is 29.1 Å². The molecule has 1 heterocycles. The van der Waals surface area contributed by atoms with Gasteiger partial charge in [-0.2, -0.15) is 0 Å². The van der Waals surface area contributed by atoms with E-state index in [4.69, 9.17) is 16.7 Å². The summed E-state index contributed by atoms with van der Waals surface area (Å²) in [5.41, 5.74) is -0.00557. The number of hydrogen-bond acceptors (Lipinski definition) is 2. The fourth-order valence-electron chi connectivity index (χ4n) is 3.27. The molecule has 0 amide bonds. The highest BCUT2D eigenvalue weighted by molar-refractivity contribution is 6.31. The first kappa shape index (κ1) is 14.8. The molecule has 1 aliphatic heterocycles. The first-order valence-electron chi connectivity index (χ1n) is 7.41. The number of alkyl halides is 1. The second kappa shape index (κ2) is 5.58. The van der Waals surface area contributed by atoms with Gasteiger partial charge < -0.3 is 5.11 Å². The zero-order chi connectivity index (χ0) is 15.0. The molecule has 0 atom stereocenters. The number of aliphatic carboxylic acids is 1. The third-order valence-electron chi connectivity index (χ3n) is 4.65. The molecule has 5 heteroatoms. The minimum absolute atomic E-state index is 0.0458. The molecule has 0 spiro atoms. The van der Waals surface area contributed by atoms with Gasteiger partial charge in [0.25, 0.3) is 0 Å². The van der Waals surface area contributed by atoms with E-state index >= 15 is 0 Å². The number of benzene rings is 1. The Morgan fingerprint density at radius 2 is 2.05 bits per heavy atom. The van der Waals surface area contributed by atoms with Gasteiger partial charge in [-0.3, -0.25) is 9.69 Å². The average Bonchev–Trinajstić information content (AvgIpc) is 2.90. The van der Waals surface area contributed by atoms with Gasteiger partial charge in [-0.15, -0.1) is 0 Å². The van der Waals surface area contributed by atoms with Gasteiger partial charge in [0.1, 0.15) is 5.67 Å². The van der Waals surface area contributed by atoms with Crippen molar-refractivity contribution in [2.75, 3.05) is 13.1 Å². The Hall–Kier alpha value is -1.13. The van der Waals surface area contributed by atoms with Gasteiger partial charge in [0, 0.05) is 11.6 Å². The second-order valence-electron chi connectivity index (χ2n) is 6.20. The topological polar surface area (TPSA) is 40.5 Å². The van der Waals surface area contributed by atoms with E-state index in [9.17, 15) is 9.18 Å². The number of nitrogens with zero attached hydrogens (tertiary/aromatic N) is 1. The SMILES string of the molecule is O=C(O)C1CC(F)(c2ccc(CN3CCCC3)c(Cl)c2)C1. The molecule has 0 radical (unpaired) electrons. The highest BCUT2D eigenvalue weighted by Crippen LogP contribution is 2.49. The van der Waals surface area contributed by atoms with E-state index in [1.807, 2.05) is 6.07 Å². The third-order valence-corrected chi connectivity index (χ3v) is 5.00. The number of likely N-dealkylation sites (tertiary alicyclic amines) is 1. The van der Waals surface area contributed by atoms with E-state index in [2.05, 4.69) is 4.90 Å². The fourth-order valence-corrected chi connectivity index (χ4v) is 3.51. The molecule has 0 bridgehead atoms. The average molecular weight is 312 g/mol. The predicted octanol–water partition coefficient (Wildman–Crippen LogP) is 3.60. The van der Waals surface area contributed by atoms with Crippen LogP contribution in [0, 0.1) is 5.92 Å². The van der Waals surface area contributed by atoms with Crippen LogP contribution in [0.4, 0.5) is 4.39 Å². The zero-order valence-electron chi connectivity index (χ0n) is 11.8. The minimum atomic E-state index is -1.53. The van der Waals surface area contributed by atoms with Crippen LogP contribution in [0.5, 0.6) is 0 Å². The van der Waals surface area contributed by atoms with Crippen molar-refractivity contribution in [3.8, 4) is 0 Å². The number of carboxylic acid groups (broad SMARTS) is 1. The van der Waals surface area contributed by atoms with Crippen molar-refractivity contribution in [3.63, 3.8) is 0 Å². The van der Waals surface area contributed by atoms with E-state index in [1.165, 1.54) is 12.8 Å². The lowest BCUT2D eigenvalue weighted by Gasteiger charge is -2.39. The third kappa shape index (κ3) is 2.92. The summed E-state index contributed by atoms with van der Waals surface area (Å²) in [7, 11) is 0. The Balaban J connectivity index is 1.71. The Labute approximate surface area is 128 Å². The van der Waals surface area contributed by atoms with Crippen molar-refractivity contribution >= 4 is 17.6 Å². The van der Waals surface area contributed by atoms with Crippen LogP contribution < -0.4 is 0 Å². The Kier molecular flexibility index (Phi) is 3.93. The highest BCUT2D eigenvalue weighted by Gasteiger charge is 2.49. The number of hydrogen-bond donors (Lipinski definition) is 1. The summed E-state index contributed by atoms with van der Waals surface area (Å²) in [5, 5.41) is 9.45. The van der Waals surface area contributed by atoms with Gasteiger partial charge >= 0.3 is 5.97 Å². The van der Waals surface area contributed by atoms with Crippen molar-refractivity contribution in [1.29, 1.82) is 0 Å². The molecule has 21 heavy (non-hydrogen) atoms. The van der Waals surface area contributed by atoms with E-state index < -0.39 is 17.6 Å². The van der Waals surface area contributed by atoms with Gasteiger partial charge in [-0.1, -0.05) is 23.7 Å². The Morgan fingerprint density at radius 3 is 2.62 bits per heavy atom. The molecule has 1 aliphatic carbocycles. The summed E-state index contributed by atoms with van der Waals surface area (Å²) in [6.07, 6.45) is 2.54. The maximum absolute atomic E-state index is 14.6. The van der Waals surface area contributed by atoms with Gasteiger partial charge in [-0.25, -0.2) is 4.39 Å². The van der Waals surface area contributed by atoms with Crippen LogP contribution in [0.15, 0.2) is 18.2 Å². The second-order valence-corrected chi connectivity index (χ2v) is 6.61. The Morgan fingerprint density at radius 1 is 1.38 bits per heavy atom. The van der Waals surface area contributed by atoms with Crippen molar-refractivity contribution in [2.45, 2.75) is 37.9 Å². The molecule has 1 aromatic rings. The van der Waals surface area contributed by atoms with Crippen LogP contribution in [0.2, 0.25) is 5.02 Å². The van der Waals surface area contributed by atoms with Crippen LogP contribution in [0.1, 0.15) is 36.8 Å². The summed E-state index contributed by atoms with van der Waals surface area (Å²) >= 11 is 6.28. The number of carbonyl (C=O) groups is 1. The van der Waals surface area contributed by atoms with Gasteiger partial charge in [0.2, 0.25) is 0 Å². The van der Waals surface area contributed by atoms with Crippen LogP contribution in [0.3, 0.4) is 0 Å². The standard InChI is InChI=1S/C16H19ClFNO2/c17-14-7-13(16(18)8-12(9-16)15(20)21)4-3-11(14)10-19-5-1-2-6-19/h3-4,7,12H,1-2,5-6,8-10H2,(H,20,21). The molecule has 0 unspecified atom stereocenters. The smallest absolute Gasteiger partial charge is 0.306 e. The minimum Gasteiger partial charge on any atom is -0.481 e. The molecule has 0 aromatic heterocycles. The van der Waals surface area contributed by atoms with Gasteiger partial charge in [0.05, 0.1) is 5.92 Å². The molecule has 1 N–H and O–H groups in total. The van der Waals surface area contributed by atoms with Crippen molar-refractivity contribution in [2.24, 2.45) is 5.92 Å². The molecule has 1 saturated heterocycles. The molecule has 2 fully saturated rings. The van der Waals surface area contributed by atoms with Gasteiger partial charge in [0.15, 0.2) is 0 Å². The first-order chi connectivity index (χ1) is 9.98. The van der Waals surface area contributed by atoms with Crippen molar-refractivity contribution in [3.05, 3.63) is 34.3 Å². The van der Waals surface area contributed by atoms with E-state index in [0.29, 0.717) is 10.6 Å². The quantitative estimate of drug-likeness (QED) is 0.923. The fraction of sp³-hybridized carbons (Fsp3) is 0.562. The largest absolute Gasteiger partial charge is 0.481 e. The summed E-state index contributed by atoms with van der Waals surface area (Å²) in [4.78, 5) is 13.2. The lowest BCUT2D eigenvalue weighted by atomic mass is 9.69. The number of rotatable bonds is 4. The number of halogens is 2. The first-order valence-corrected chi connectivity index (χ1v) is 7.79. The van der Waals surface area contributed by atoms with E-state index in [0.717, 1.165) is 25.2 Å². The number of carboxylic acids is 1.